The predicted molar refractivity (Wildman–Crippen MR) is 63.2 cm³/mol. The second kappa shape index (κ2) is 10.2. The van der Waals surface area contributed by atoms with E-state index >= 15 is 0 Å². The lowest BCUT2D eigenvalue weighted by Gasteiger charge is -2.10. The molecule has 2 unspecified atom stereocenters. The van der Waals surface area contributed by atoms with Crippen LogP contribution in [0.4, 0.5) is 0 Å². The molecule has 0 amide bonds. The maximum atomic E-state index is 5.35. The van der Waals surface area contributed by atoms with Crippen LogP contribution in [0.1, 0.15) is 33.1 Å². The highest BCUT2D eigenvalue weighted by Gasteiger charge is 2.02. The fourth-order valence-corrected chi connectivity index (χ4v) is 1.69. The van der Waals surface area contributed by atoms with Crippen molar-refractivity contribution < 1.29 is 4.74 Å². The van der Waals surface area contributed by atoms with Crippen LogP contribution in [0, 0.1) is 5.92 Å². The number of allylic oxidation sites excluding steroid dienone is 2. The zero-order valence-corrected chi connectivity index (χ0v) is 10.1. The Morgan fingerprint density at radius 1 is 1.31 bits per heavy atom. The molecule has 13 heavy (non-hydrogen) atoms. The Morgan fingerprint density at radius 3 is 2.62 bits per heavy atom. The molecule has 2 heteroatoms. The van der Waals surface area contributed by atoms with Gasteiger partial charge in [0, 0.05) is 13.2 Å². The van der Waals surface area contributed by atoms with Crippen molar-refractivity contribution >= 4 is 9.24 Å². The number of hydrogen-bond acceptors (Lipinski definition) is 1. The van der Waals surface area contributed by atoms with Crippen LogP contribution in [0.2, 0.25) is 0 Å². The minimum Gasteiger partial charge on any atom is -0.382 e. The van der Waals surface area contributed by atoms with Gasteiger partial charge in [0.25, 0.3) is 0 Å². The first-order valence-corrected chi connectivity index (χ1v) is 6.11. The van der Waals surface area contributed by atoms with Crippen molar-refractivity contribution in [1.82, 2.24) is 0 Å². The number of rotatable bonds is 8. The summed E-state index contributed by atoms with van der Waals surface area (Å²) in [5.74, 6) is 0.712. The highest BCUT2D eigenvalue weighted by atomic mass is 31.0. The summed E-state index contributed by atoms with van der Waals surface area (Å²) < 4.78 is 5.35. The van der Waals surface area contributed by atoms with Crippen molar-refractivity contribution in [3.05, 3.63) is 12.2 Å². The van der Waals surface area contributed by atoms with Gasteiger partial charge in [0.2, 0.25) is 0 Å². The summed E-state index contributed by atoms with van der Waals surface area (Å²) in [6.45, 7) is 5.97. The van der Waals surface area contributed by atoms with E-state index < -0.39 is 0 Å². The normalized spacial score (nSPS) is 13.8. The van der Waals surface area contributed by atoms with E-state index in [-0.39, 0.29) is 0 Å². The highest BCUT2D eigenvalue weighted by Crippen LogP contribution is 2.12. The second-order valence-electron chi connectivity index (χ2n) is 3.16. The van der Waals surface area contributed by atoms with Gasteiger partial charge < -0.3 is 4.74 Å². The van der Waals surface area contributed by atoms with Crippen LogP contribution < -0.4 is 0 Å². The Hall–Kier alpha value is 0.130. The molecule has 2 atom stereocenters. The van der Waals surface area contributed by atoms with Gasteiger partial charge in [0.15, 0.2) is 0 Å². The number of hydrogen-bond donors (Lipinski definition) is 0. The van der Waals surface area contributed by atoms with Crippen molar-refractivity contribution in [3.63, 3.8) is 0 Å². The van der Waals surface area contributed by atoms with Crippen molar-refractivity contribution in [2.75, 3.05) is 19.4 Å². The van der Waals surface area contributed by atoms with Crippen LogP contribution in [0.5, 0.6) is 0 Å². The van der Waals surface area contributed by atoms with Gasteiger partial charge in [0.1, 0.15) is 0 Å². The van der Waals surface area contributed by atoms with Crippen molar-refractivity contribution in [2.45, 2.75) is 33.1 Å². The van der Waals surface area contributed by atoms with Gasteiger partial charge in [-0.05, 0) is 38.3 Å². The molecule has 0 aromatic rings. The smallest absolute Gasteiger partial charge is 0.0471 e. The van der Waals surface area contributed by atoms with E-state index in [2.05, 4.69) is 28.3 Å². The first kappa shape index (κ1) is 13.1. The molecule has 0 aromatic carbocycles. The lowest BCUT2D eigenvalue weighted by Crippen LogP contribution is -2.03. The molecule has 0 fully saturated rings. The third-order valence-corrected chi connectivity index (χ3v) is 2.35. The van der Waals surface area contributed by atoms with Gasteiger partial charge >= 0.3 is 0 Å². The van der Waals surface area contributed by atoms with Crippen LogP contribution in [-0.2, 0) is 4.74 Å². The second-order valence-corrected chi connectivity index (χ2v) is 3.74. The minimum absolute atomic E-state index is 0.712. The first-order valence-electron chi connectivity index (χ1n) is 5.29. The molecule has 0 heterocycles. The molecule has 0 saturated carbocycles. The lowest BCUT2D eigenvalue weighted by atomic mass is 10.0. The summed E-state index contributed by atoms with van der Waals surface area (Å²) in [6, 6.07) is 0. The molecule has 78 valence electrons. The molecule has 0 saturated heterocycles. The third-order valence-electron chi connectivity index (χ3n) is 2.02. The Kier molecular flexibility index (Phi) is 10.3. The maximum absolute atomic E-state index is 5.35. The molecule has 0 rings (SSSR count). The van der Waals surface area contributed by atoms with E-state index in [1.165, 1.54) is 19.0 Å². The van der Waals surface area contributed by atoms with Gasteiger partial charge in [-0.15, -0.1) is 9.24 Å². The Labute approximate surface area is 85.1 Å². The van der Waals surface area contributed by atoms with E-state index in [1.807, 2.05) is 6.92 Å². The largest absolute Gasteiger partial charge is 0.382 e. The predicted octanol–water partition coefficient (Wildman–Crippen LogP) is 3.26. The van der Waals surface area contributed by atoms with E-state index in [9.17, 15) is 0 Å². The van der Waals surface area contributed by atoms with E-state index in [0.29, 0.717) is 5.92 Å². The van der Waals surface area contributed by atoms with Crippen LogP contribution >= 0.6 is 9.24 Å². The molecule has 0 spiro atoms. The molecular weight excluding hydrogens is 179 g/mol. The summed E-state index contributed by atoms with van der Waals surface area (Å²) in [6.07, 6.45) is 9.35. The highest BCUT2D eigenvalue weighted by molar-refractivity contribution is 7.16. The van der Waals surface area contributed by atoms with Gasteiger partial charge in [0.05, 0.1) is 0 Å². The van der Waals surface area contributed by atoms with Gasteiger partial charge in [-0.2, -0.15) is 0 Å². The molecule has 1 nitrogen and oxygen atoms in total. The van der Waals surface area contributed by atoms with E-state index in [0.717, 1.165) is 19.6 Å². The molecule has 0 aliphatic carbocycles. The number of ether oxygens (including phenoxy) is 1. The molecular formula is C11H23OP. The van der Waals surface area contributed by atoms with E-state index in [4.69, 9.17) is 4.74 Å². The van der Waals surface area contributed by atoms with Crippen LogP contribution in [0.15, 0.2) is 12.2 Å². The summed E-state index contributed by atoms with van der Waals surface area (Å²) in [4.78, 5) is 0. The average Bonchev–Trinajstić information content (AvgIpc) is 2.14. The van der Waals surface area contributed by atoms with Crippen molar-refractivity contribution in [1.29, 1.82) is 0 Å². The quantitative estimate of drug-likeness (QED) is 0.333. The zero-order valence-electron chi connectivity index (χ0n) is 8.96. The van der Waals surface area contributed by atoms with Crippen molar-refractivity contribution in [3.8, 4) is 0 Å². The summed E-state index contributed by atoms with van der Waals surface area (Å²) in [5.41, 5.74) is 0. The first-order chi connectivity index (χ1) is 6.35. The molecule has 0 aromatic heterocycles. The molecule has 0 radical (unpaired) electrons. The SMILES string of the molecule is CCC=CC(CCP)CCOCC. The summed E-state index contributed by atoms with van der Waals surface area (Å²) in [5, 5.41) is 0. The average molecular weight is 202 g/mol. The molecule has 0 N–H and O–H groups in total. The maximum Gasteiger partial charge on any atom is 0.0471 e. The Balaban J connectivity index is 3.59. The van der Waals surface area contributed by atoms with Crippen molar-refractivity contribution in [2.24, 2.45) is 5.92 Å². The Morgan fingerprint density at radius 2 is 2.08 bits per heavy atom. The van der Waals surface area contributed by atoms with Crippen LogP contribution in [-0.4, -0.2) is 19.4 Å². The topological polar surface area (TPSA) is 9.23 Å². The fourth-order valence-electron chi connectivity index (χ4n) is 1.26. The monoisotopic (exact) mass is 202 g/mol. The Bertz CT molecular complexity index is 123. The summed E-state index contributed by atoms with van der Waals surface area (Å²) in [7, 11) is 2.79. The van der Waals surface area contributed by atoms with E-state index in [1.54, 1.807) is 0 Å². The van der Waals surface area contributed by atoms with Gasteiger partial charge in [-0.3, -0.25) is 0 Å². The summed E-state index contributed by atoms with van der Waals surface area (Å²) >= 11 is 0. The molecule has 0 bridgehead atoms. The third kappa shape index (κ3) is 8.46. The molecule has 0 aliphatic heterocycles. The van der Waals surface area contributed by atoms with Gasteiger partial charge in [-0.1, -0.05) is 19.1 Å². The van der Waals surface area contributed by atoms with Gasteiger partial charge in [-0.25, -0.2) is 0 Å². The standard InChI is InChI=1S/C11H23OP/c1-3-5-6-11(8-10-13)7-9-12-4-2/h5-6,11H,3-4,7-10,13H2,1-2H3. The lowest BCUT2D eigenvalue weighted by molar-refractivity contribution is 0.136. The fraction of sp³-hybridized carbons (Fsp3) is 0.818. The molecule has 0 aliphatic rings. The minimum atomic E-state index is 0.712. The van der Waals surface area contributed by atoms with Crippen LogP contribution in [0.25, 0.3) is 0 Å². The zero-order chi connectivity index (χ0) is 9.94. The van der Waals surface area contributed by atoms with Crippen LogP contribution in [0.3, 0.4) is 0 Å².